The van der Waals surface area contributed by atoms with E-state index in [1.165, 1.54) is 12.8 Å². The minimum absolute atomic E-state index is 0.439. The van der Waals surface area contributed by atoms with E-state index in [0.717, 1.165) is 36.4 Å². The van der Waals surface area contributed by atoms with Gasteiger partial charge >= 0.3 is 0 Å². The first kappa shape index (κ1) is 13.3. The van der Waals surface area contributed by atoms with Gasteiger partial charge < -0.3 is 15.8 Å². The van der Waals surface area contributed by atoms with Crippen molar-refractivity contribution in [3.05, 3.63) is 29.3 Å². The third-order valence-electron chi connectivity index (χ3n) is 3.31. The van der Waals surface area contributed by atoms with E-state index in [0.29, 0.717) is 11.1 Å². The van der Waals surface area contributed by atoms with Gasteiger partial charge in [-0.1, -0.05) is 12.2 Å². The molecule has 1 saturated heterocycles. The second-order valence-electron chi connectivity index (χ2n) is 4.74. The fourth-order valence-electron chi connectivity index (χ4n) is 2.30. The molecule has 1 atom stereocenters. The summed E-state index contributed by atoms with van der Waals surface area (Å²) in [5, 5.41) is 3.41. The molecule has 1 aromatic rings. The second kappa shape index (κ2) is 6.16. The minimum Gasteiger partial charge on any atom is -0.389 e. The summed E-state index contributed by atoms with van der Waals surface area (Å²) >= 11 is 4.99. The van der Waals surface area contributed by atoms with Gasteiger partial charge in [0.15, 0.2) is 0 Å². The van der Waals surface area contributed by atoms with E-state index in [4.69, 9.17) is 22.7 Å². The first-order chi connectivity index (χ1) is 8.66. The Labute approximate surface area is 114 Å². The van der Waals surface area contributed by atoms with E-state index in [1.807, 2.05) is 19.1 Å². The second-order valence-corrected chi connectivity index (χ2v) is 5.18. The van der Waals surface area contributed by atoms with Crippen LogP contribution in [0.1, 0.15) is 30.4 Å². The summed E-state index contributed by atoms with van der Waals surface area (Å²) in [5.41, 5.74) is 8.83. The van der Waals surface area contributed by atoms with Crippen molar-refractivity contribution in [1.82, 2.24) is 0 Å². The topological polar surface area (TPSA) is 47.3 Å². The first-order valence-electron chi connectivity index (χ1n) is 6.43. The van der Waals surface area contributed by atoms with Crippen molar-refractivity contribution in [2.24, 2.45) is 5.73 Å². The van der Waals surface area contributed by atoms with E-state index in [-0.39, 0.29) is 0 Å². The van der Waals surface area contributed by atoms with E-state index in [9.17, 15) is 0 Å². The summed E-state index contributed by atoms with van der Waals surface area (Å²) in [7, 11) is 0. The molecule has 3 nitrogen and oxygen atoms in total. The van der Waals surface area contributed by atoms with Gasteiger partial charge in [0.1, 0.15) is 4.99 Å². The van der Waals surface area contributed by atoms with E-state index in [2.05, 4.69) is 11.4 Å². The van der Waals surface area contributed by atoms with Crippen LogP contribution in [-0.2, 0) is 4.74 Å². The third-order valence-corrected chi connectivity index (χ3v) is 3.53. The number of anilines is 1. The molecule has 1 aliphatic heterocycles. The van der Waals surface area contributed by atoms with Crippen LogP contribution in [0.5, 0.6) is 0 Å². The largest absolute Gasteiger partial charge is 0.389 e. The average molecular weight is 264 g/mol. The summed E-state index contributed by atoms with van der Waals surface area (Å²) in [4.78, 5) is 0.457. The Balaban J connectivity index is 1.85. The van der Waals surface area contributed by atoms with Crippen LogP contribution in [0.3, 0.4) is 0 Å². The predicted molar refractivity (Wildman–Crippen MR) is 79.1 cm³/mol. The molecule has 98 valence electrons. The van der Waals surface area contributed by atoms with Crippen molar-refractivity contribution in [3.8, 4) is 0 Å². The molecular formula is C14H20N2OS. The number of benzene rings is 1. The zero-order valence-electron chi connectivity index (χ0n) is 10.7. The van der Waals surface area contributed by atoms with E-state index < -0.39 is 0 Å². The fourth-order valence-corrected chi connectivity index (χ4v) is 2.53. The highest BCUT2D eigenvalue weighted by Gasteiger charge is 2.14. The maximum absolute atomic E-state index is 5.64. The van der Waals surface area contributed by atoms with Gasteiger partial charge in [-0.05, 0) is 49.9 Å². The summed E-state index contributed by atoms with van der Waals surface area (Å²) in [6, 6.07) is 6.09. The molecule has 1 fully saturated rings. The lowest BCUT2D eigenvalue weighted by Crippen LogP contribution is -2.13. The summed E-state index contributed by atoms with van der Waals surface area (Å²) < 4.78 is 5.59. The Bertz CT molecular complexity index is 428. The van der Waals surface area contributed by atoms with Crippen LogP contribution in [0.15, 0.2) is 18.2 Å². The monoisotopic (exact) mass is 264 g/mol. The number of ether oxygens (including phenoxy) is 1. The quantitative estimate of drug-likeness (QED) is 0.803. The number of hydrogen-bond acceptors (Lipinski definition) is 3. The van der Waals surface area contributed by atoms with E-state index >= 15 is 0 Å². The van der Waals surface area contributed by atoms with Crippen LogP contribution in [-0.4, -0.2) is 24.2 Å². The van der Waals surface area contributed by atoms with Gasteiger partial charge in [0.05, 0.1) is 6.10 Å². The predicted octanol–water partition coefficient (Wildman–Crippen LogP) is 2.61. The maximum Gasteiger partial charge on any atom is 0.104 e. The molecule has 0 bridgehead atoms. The normalized spacial score (nSPS) is 18.8. The molecule has 1 unspecified atom stereocenters. The smallest absolute Gasteiger partial charge is 0.104 e. The molecular weight excluding hydrogens is 244 g/mol. The van der Waals surface area contributed by atoms with E-state index in [1.54, 1.807) is 0 Å². The molecule has 0 aromatic heterocycles. The average Bonchev–Trinajstić information content (AvgIpc) is 2.81. The van der Waals surface area contributed by atoms with Crippen LogP contribution in [0.4, 0.5) is 5.69 Å². The van der Waals surface area contributed by atoms with Gasteiger partial charge in [-0.25, -0.2) is 0 Å². The molecule has 1 heterocycles. The highest BCUT2D eigenvalue weighted by atomic mass is 32.1. The van der Waals surface area contributed by atoms with Crippen molar-refractivity contribution >= 4 is 22.9 Å². The third kappa shape index (κ3) is 3.43. The fraction of sp³-hybridized carbons (Fsp3) is 0.500. The van der Waals surface area contributed by atoms with Crippen molar-refractivity contribution in [1.29, 1.82) is 0 Å². The number of nitrogens with one attached hydrogen (secondary N) is 1. The maximum atomic E-state index is 5.64. The molecule has 1 aromatic carbocycles. The number of rotatable bonds is 5. The molecule has 0 aliphatic carbocycles. The number of aryl methyl sites for hydroxylation is 1. The molecule has 3 N–H and O–H groups in total. The van der Waals surface area contributed by atoms with Gasteiger partial charge in [-0.3, -0.25) is 0 Å². The molecule has 4 heteroatoms. The Hall–Kier alpha value is -1.13. The van der Waals surface area contributed by atoms with Crippen molar-refractivity contribution in [2.45, 2.75) is 32.3 Å². The van der Waals surface area contributed by atoms with Gasteiger partial charge in [-0.2, -0.15) is 0 Å². The molecule has 1 aliphatic rings. The molecule has 0 radical (unpaired) electrons. The van der Waals surface area contributed by atoms with Gasteiger partial charge in [0.25, 0.3) is 0 Å². The number of nitrogens with two attached hydrogens (primary N) is 1. The van der Waals surface area contributed by atoms with Gasteiger partial charge in [0, 0.05) is 24.4 Å². The lowest BCUT2D eigenvalue weighted by atomic mass is 10.1. The van der Waals surface area contributed by atoms with Crippen LogP contribution in [0.2, 0.25) is 0 Å². The standard InChI is InChI=1S/C14H20N2OS/c1-10-9-11(4-5-13(10)14(15)18)16-7-6-12-3-2-8-17-12/h4-5,9,12,16H,2-3,6-8H2,1H3,(H2,15,18). The zero-order valence-corrected chi connectivity index (χ0v) is 11.6. The minimum atomic E-state index is 0.439. The van der Waals surface area contributed by atoms with Crippen LogP contribution in [0.25, 0.3) is 0 Å². The van der Waals surface area contributed by atoms with Gasteiger partial charge in [-0.15, -0.1) is 0 Å². The molecule has 18 heavy (non-hydrogen) atoms. The zero-order chi connectivity index (χ0) is 13.0. The lowest BCUT2D eigenvalue weighted by molar-refractivity contribution is 0.107. The summed E-state index contributed by atoms with van der Waals surface area (Å²) in [6.07, 6.45) is 3.90. The highest BCUT2D eigenvalue weighted by Crippen LogP contribution is 2.17. The Morgan fingerprint density at radius 2 is 2.39 bits per heavy atom. The number of thiocarbonyl (C=S) groups is 1. The van der Waals surface area contributed by atoms with Crippen molar-refractivity contribution in [3.63, 3.8) is 0 Å². The molecule has 0 amide bonds. The molecule has 0 saturated carbocycles. The number of hydrogen-bond donors (Lipinski definition) is 2. The highest BCUT2D eigenvalue weighted by molar-refractivity contribution is 7.80. The molecule has 0 spiro atoms. The van der Waals surface area contributed by atoms with Crippen LogP contribution < -0.4 is 11.1 Å². The van der Waals surface area contributed by atoms with Crippen LogP contribution in [0, 0.1) is 6.92 Å². The first-order valence-corrected chi connectivity index (χ1v) is 6.83. The van der Waals surface area contributed by atoms with Crippen LogP contribution >= 0.6 is 12.2 Å². The Morgan fingerprint density at radius 1 is 1.56 bits per heavy atom. The summed E-state index contributed by atoms with van der Waals surface area (Å²) in [5.74, 6) is 0. The Kier molecular flexibility index (Phi) is 4.55. The summed E-state index contributed by atoms with van der Waals surface area (Å²) in [6.45, 7) is 3.89. The lowest BCUT2D eigenvalue weighted by Gasteiger charge is -2.12. The van der Waals surface area contributed by atoms with Crippen molar-refractivity contribution in [2.75, 3.05) is 18.5 Å². The Morgan fingerprint density at radius 3 is 3.00 bits per heavy atom. The van der Waals surface area contributed by atoms with Crippen molar-refractivity contribution < 1.29 is 4.74 Å². The van der Waals surface area contributed by atoms with Gasteiger partial charge in [0.2, 0.25) is 0 Å². The molecule has 2 rings (SSSR count). The SMILES string of the molecule is Cc1cc(NCCC2CCCO2)ccc1C(N)=S.